The third-order valence-corrected chi connectivity index (χ3v) is 4.22. The normalized spacial score (nSPS) is 24.2. The first kappa shape index (κ1) is 13.2. The molecule has 0 spiro atoms. The van der Waals surface area contributed by atoms with Crippen molar-refractivity contribution < 1.29 is 9.90 Å². The number of rotatable bonds is 2. The van der Waals surface area contributed by atoms with Crippen LogP contribution in [0.5, 0.6) is 0 Å². The lowest BCUT2D eigenvalue weighted by Gasteiger charge is -2.34. The number of anilines is 1. The van der Waals surface area contributed by atoms with Crippen LogP contribution >= 0.6 is 0 Å². The maximum absolute atomic E-state index is 10.9. The number of fused-ring (bicyclic) bond motifs is 1. The molecule has 4 heteroatoms. The molecule has 20 heavy (non-hydrogen) atoms. The number of carboxylic acid groups (broad SMARTS) is 1. The van der Waals surface area contributed by atoms with Gasteiger partial charge in [-0.05, 0) is 54.5 Å². The molecule has 0 saturated heterocycles. The van der Waals surface area contributed by atoms with Crippen LogP contribution in [0.1, 0.15) is 43.5 Å². The Morgan fingerprint density at radius 2 is 2.05 bits per heavy atom. The standard InChI is InChI=1S/C16H20N2O2/c1-16(2)8-7-14-12(9-16)10-18(17-14)13-5-3-11(4-6-13)15(19)20/h3-6,10,14,17H,7-9H2,1-2H3,(H,19,20). The molecule has 2 aliphatic rings. The summed E-state index contributed by atoms with van der Waals surface area (Å²) in [5, 5.41) is 10.9. The van der Waals surface area contributed by atoms with Crippen molar-refractivity contribution in [2.45, 2.75) is 39.2 Å². The molecule has 3 rings (SSSR count). The minimum Gasteiger partial charge on any atom is -0.478 e. The molecule has 0 radical (unpaired) electrons. The van der Waals surface area contributed by atoms with Crippen molar-refractivity contribution in [3.05, 3.63) is 41.6 Å². The molecule has 1 aromatic rings. The van der Waals surface area contributed by atoms with Gasteiger partial charge in [-0.1, -0.05) is 13.8 Å². The van der Waals surface area contributed by atoms with Gasteiger partial charge in [-0.15, -0.1) is 0 Å². The van der Waals surface area contributed by atoms with E-state index in [0.717, 1.165) is 18.5 Å². The molecule has 1 unspecified atom stereocenters. The zero-order valence-electron chi connectivity index (χ0n) is 11.9. The molecule has 1 aromatic carbocycles. The van der Waals surface area contributed by atoms with Crippen LogP contribution < -0.4 is 10.4 Å². The van der Waals surface area contributed by atoms with E-state index in [1.54, 1.807) is 12.1 Å². The van der Waals surface area contributed by atoms with Gasteiger partial charge in [-0.2, -0.15) is 0 Å². The average molecular weight is 272 g/mol. The zero-order chi connectivity index (χ0) is 14.3. The van der Waals surface area contributed by atoms with Crippen molar-refractivity contribution in [3.8, 4) is 0 Å². The third kappa shape index (κ3) is 2.43. The SMILES string of the molecule is CC1(C)CCC2NN(c3ccc(C(=O)O)cc3)C=C2C1. The summed E-state index contributed by atoms with van der Waals surface area (Å²) in [5.41, 5.74) is 6.62. The summed E-state index contributed by atoms with van der Waals surface area (Å²) < 4.78 is 0. The smallest absolute Gasteiger partial charge is 0.335 e. The van der Waals surface area contributed by atoms with Crippen molar-refractivity contribution >= 4 is 11.7 Å². The number of nitrogens with one attached hydrogen (secondary N) is 1. The Bertz CT molecular complexity index is 560. The molecule has 2 N–H and O–H groups in total. The van der Waals surface area contributed by atoms with Gasteiger partial charge in [-0.3, -0.25) is 5.01 Å². The Morgan fingerprint density at radius 1 is 1.35 bits per heavy atom. The molecule has 1 saturated carbocycles. The first-order valence-electron chi connectivity index (χ1n) is 7.04. The molecule has 1 heterocycles. The number of aromatic carboxylic acids is 1. The molecular weight excluding hydrogens is 252 g/mol. The second kappa shape index (κ2) is 4.63. The summed E-state index contributed by atoms with van der Waals surface area (Å²) in [4.78, 5) is 10.9. The molecule has 1 aliphatic heterocycles. The summed E-state index contributed by atoms with van der Waals surface area (Å²) in [6, 6.07) is 7.40. The summed E-state index contributed by atoms with van der Waals surface area (Å²) in [7, 11) is 0. The fraction of sp³-hybridized carbons (Fsp3) is 0.438. The van der Waals surface area contributed by atoms with Gasteiger partial charge in [0.2, 0.25) is 0 Å². The van der Waals surface area contributed by atoms with Crippen LogP contribution in [0.3, 0.4) is 0 Å². The number of carboxylic acids is 1. The lowest BCUT2D eigenvalue weighted by molar-refractivity contribution is 0.0697. The summed E-state index contributed by atoms with van der Waals surface area (Å²) >= 11 is 0. The van der Waals surface area contributed by atoms with E-state index >= 15 is 0 Å². The highest BCUT2D eigenvalue weighted by molar-refractivity contribution is 5.88. The molecule has 0 bridgehead atoms. The Morgan fingerprint density at radius 3 is 2.70 bits per heavy atom. The number of hydrazine groups is 1. The Balaban J connectivity index is 1.79. The summed E-state index contributed by atoms with van der Waals surface area (Å²) in [5.74, 6) is -0.889. The fourth-order valence-electron chi connectivity index (χ4n) is 3.05. The predicted octanol–water partition coefficient (Wildman–Crippen LogP) is 3.17. The minimum atomic E-state index is -0.889. The van der Waals surface area contributed by atoms with Crippen molar-refractivity contribution in [1.29, 1.82) is 0 Å². The van der Waals surface area contributed by atoms with Gasteiger partial charge < -0.3 is 5.11 Å². The van der Waals surface area contributed by atoms with Gasteiger partial charge in [0.1, 0.15) is 0 Å². The number of hydrogen-bond acceptors (Lipinski definition) is 3. The van der Waals surface area contributed by atoms with E-state index < -0.39 is 5.97 Å². The van der Waals surface area contributed by atoms with Gasteiger partial charge in [0.15, 0.2) is 0 Å². The van der Waals surface area contributed by atoms with Crippen LogP contribution in [0.2, 0.25) is 0 Å². The second-order valence-corrected chi connectivity index (χ2v) is 6.49. The molecule has 0 amide bonds. The minimum absolute atomic E-state index is 0.319. The third-order valence-electron chi connectivity index (χ3n) is 4.22. The van der Waals surface area contributed by atoms with E-state index in [2.05, 4.69) is 25.5 Å². The highest BCUT2D eigenvalue weighted by atomic mass is 16.4. The molecular formula is C16H20N2O2. The van der Waals surface area contributed by atoms with Crippen molar-refractivity contribution in [2.75, 3.05) is 5.01 Å². The number of hydrogen-bond donors (Lipinski definition) is 2. The quantitative estimate of drug-likeness (QED) is 0.868. The average Bonchev–Trinajstić information content (AvgIpc) is 2.80. The Kier molecular flexibility index (Phi) is 3.05. The van der Waals surface area contributed by atoms with Gasteiger partial charge >= 0.3 is 5.97 Å². The monoisotopic (exact) mass is 272 g/mol. The van der Waals surface area contributed by atoms with Crippen LogP contribution in [0.4, 0.5) is 5.69 Å². The van der Waals surface area contributed by atoms with Crippen LogP contribution in [-0.4, -0.2) is 17.1 Å². The predicted molar refractivity (Wildman–Crippen MR) is 78.5 cm³/mol. The molecule has 1 aliphatic carbocycles. The topological polar surface area (TPSA) is 52.6 Å². The number of benzene rings is 1. The van der Waals surface area contributed by atoms with E-state index in [-0.39, 0.29) is 0 Å². The Labute approximate surface area is 119 Å². The van der Waals surface area contributed by atoms with E-state index in [1.807, 2.05) is 17.1 Å². The van der Waals surface area contributed by atoms with E-state index in [1.165, 1.54) is 12.0 Å². The number of carbonyl (C=O) groups is 1. The molecule has 1 fully saturated rings. The highest BCUT2D eigenvalue weighted by Gasteiger charge is 2.34. The van der Waals surface area contributed by atoms with Crippen LogP contribution in [0.15, 0.2) is 36.0 Å². The van der Waals surface area contributed by atoms with Crippen LogP contribution in [0.25, 0.3) is 0 Å². The van der Waals surface area contributed by atoms with Crippen molar-refractivity contribution in [3.63, 3.8) is 0 Å². The van der Waals surface area contributed by atoms with Gasteiger partial charge in [0.05, 0.1) is 11.3 Å². The van der Waals surface area contributed by atoms with Gasteiger partial charge in [-0.25, -0.2) is 10.2 Å². The molecule has 0 aromatic heterocycles. The Hall–Kier alpha value is -1.81. The number of nitrogens with zero attached hydrogens (tertiary/aromatic N) is 1. The van der Waals surface area contributed by atoms with Crippen LogP contribution in [0, 0.1) is 5.41 Å². The summed E-state index contributed by atoms with van der Waals surface area (Å²) in [6.07, 6.45) is 5.67. The van der Waals surface area contributed by atoms with Crippen molar-refractivity contribution in [1.82, 2.24) is 5.43 Å². The lowest BCUT2D eigenvalue weighted by Crippen LogP contribution is -2.39. The highest BCUT2D eigenvalue weighted by Crippen LogP contribution is 2.40. The van der Waals surface area contributed by atoms with Gasteiger partial charge in [0, 0.05) is 12.2 Å². The maximum atomic E-state index is 10.9. The van der Waals surface area contributed by atoms with Crippen molar-refractivity contribution in [2.24, 2.45) is 5.41 Å². The largest absolute Gasteiger partial charge is 0.478 e. The van der Waals surface area contributed by atoms with Crippen LogP contribution in [-0.2, 0) is 0 Å². The maximum Gasteiger partial charge on any atom is 0.335 e. The first-order chi connectivity index (χ1) is 9.44. The zero-order valence-corrected chi connectivity index (χ0v) is 11.9. The van der Waals surface area contributed by atoms with Gasteiger partial charge in [0.25, 0.3) is 0 Å². The fourth-order valence-corrected chi connectivity index (χ4v) is 3.05. The lowest BCUT2D eigenvalue weighted by atomic mass is 9.74. The van der Waals surface area contributed by atoms with E-state index in [0.29, 0.717) is 17.0 Å². The van der Waals surface area contributed by atoms with E-state index in [4.69, 9.17) is 5.11 Å². The molecule has 106 valence electrons. The summed E-state index contributed by atoms with van der Waals surface area (Å²) in [6.45, 7) is 4.63. The first-order valence-corrected chi connectivity index (χ1v) is 7.04. The second-order valence-electron chi connectivity index (χ2n) is 6.49. The molecule has 4 nitrogen and oxygen atoms in total. The molecule has 1 atom stereocenters. The van der Waals surface area contributed by atoms with E-state index in [9.17, 15) is 4.79 Å².